The molecule has 1 aliphatic carbocycles. The van der Waals surface area contributed by atoms with E-state index in [9.17, 15) is 0 Å². The third-order valence-electron chi connectivity index (χ3n) is 4.29. The Morgan fingerprint density at radius 1 is 1.47 bits per heavy atom. The van der Waals surface area contributed by atoms with Crippen LogP contribution in [-0.4, -0.2) is 17.6 Å². The van der Waals surface area contributed by atoms with Gasteiger partial charge >= 0.3 is 0 Å². The number of oxazole rings is 1. The molecule has 3 heteroatoms. The molecule has 19 heavy (non-hydrogen) atoms. The molecule has 1 fully saturated rings. The summed E-state index contributed by atoms with van der Waals surface area (Å²) < 4.78 is 5.97. The Bertz CT molecular complexity index is 395. The molecule has 0 aromatic carbocycles. The van der Waals surface area contributed by atoms with Gasteiger partial charge in [0.25, 0.3) is 0 Å². The van der Waals surface area contributed by atoms with Crippen LogP contribution in [0.5, 0.6) is 0 Å². The molecule has 1 aromatic rings. The van der Waals surface area contributed by atoms with Gasteiger partial charge in [0.1, 0.15) is 5.76 Å². The summed E-state index contributed by atoms with van der Waals surface area (Å²) in [5, 5.41) is 3.42. The SMILES string of the molecule is CC(C)NCCCc1ncc(C2CCCC2(C)C)o1. The maximum Gasteiger partial charge on any atom is 0.194 e. The smallest absolute Gasteiger partial charge is 0.194 e. The first kappa shape index (κ1) is 14.6. The van der Waals surface area contributed by atoms with Gasteiger partial charge < -0.3 is 9.73 Å². The van der Waals surface area contributed by atoms with Crippen molar-refractivity contribution in [3.8, 4) is 0 Å². The molecule has 3 nitrogen and oxygen atoms in total. The van der Waals surface area contributed by atoms with Crippen molar-refractivity contribution in [2.24, 2.45) is 5.41 Å². The first-order valence-corrected chi connectivity index (χ1v) is 7.67. The van der Waals surface area contributed by atoms with Crippen LogP contribution in [0.3, 0.4) is 0 Å². The van der Waals surface area contributed by atoms with E-state index in [2.05, 4.69) is 38.0 Å². The summed E-state index contributed by atoms with van der Waals surface area (Å²) in [5.74, 6) is 2.57. The molecule has 1 aromatic heterocycles. The third kappa shape index (κ3) is 3.82. The van der Waals surface area contributed by atoms with Crippen LogP contribution in [-0.2, 0) is 6.42 Å². The fourth-order valence-corrected chi connectivity index (χ4v) is 3.09. The molecule has 0 radical (unpaired) electrons. The van der Waals surface area contributed by atoms with E-state index in [0.717, 1.165) is 31.0 Å². The highest BCUT2D eigenvalue weighted by molar-refractivity contribution is 5.09. The Kier molecular flexibility index (Phi) is 4.67. The van der Waals surface area contributed by atoms with Gasteiger partial charge in [-0.3, -0.25) is 0 Å². The lowest BCUT2D eigenvalue weighted by molar-refractivity contribution is 0.287. The minimum Gasteiger partial charge on any atom is -0.445 e. The lowest BCUT2D eigenvalue weighted by Gasteiger charge is -2.24. The van der Waals surface area contributed by atoms with Crippen molar-refractivity contribution < 1.29 is 4.42 Å². The highest BCUT2D eigenvalue weighted by Crippen LogP contribution is 2.48. The Hall–Kier alpha value is -0.830. The molecule has 1 aliphatic rings. The van der Waals surface area contributed by atoms with Crippen LogP contribution in [0.25, 0.3) is 0 Å². The van der Waals surface area contributed by atoms with Crippen LogP contribution in [0.4, 0.5) is 0 Å². The van der Waals surface area contributed by atoms with E-state index in [4.69, 9.17) is 4.42 Å². The van der Waals surface area contributed by atoms with Crippen molar-refractivity contribution in [2.75, 3.05) is 6.54 Å². The van der Waals surface area contributed by atoms with E-state index in [0.29, 0.717) is 17.4 Å². The molecule has 1 N–H and O–H groups in total. The number of nitrogens with one attached hydrogen (secondary N) is 1. The standard InChI is InChI=1S/C16H28N2O/c1-12(2)17-10-6-8-15-18-11-14(19-15)13-7-5-9-16(13,3)4/h11-13,17H,5-10H2,1-4H3. The molecule has 1 saturated carbocycles. The highest BCUT2D eigenvalue weighted by Gasteiger charge is 2.37. The van der Waals surface area contributed by atoms with E-state index in [1.807, 2.05) is 6.20 Å². The van der Waals surface area contributed by atoms with Crippen molar-refractivity contribution in [3.05, 3.63) is 17.8 Å². The predicted octanol–water partition coefficient (Wildman–Crippen LogP) is 3.90. The molecule has 108 valence electrons. The van der Waals surface area contributed by atoms with Crippen LogP contribution in [0, 0.1) is 5.41 Å². The molecule has 0 saturated heterocycles. The Morgan fingerprint density at radius 2 is 2.26 bits per heavy atom. The van der Waals surface area contributed by atoms with Gasteiger partial charge in [-0.2, -0.15) is 0 Å². The van der Waals surface area contributed by atoms with Crippen LogP contribution in [0.2, 0.25) is 0 Å². The van der Waals surface area contributed by atoms with E-state index in [1.54, 1.807) is 0 Å². The van der Waals surface area contributed by atoms with Gasteiger partial charge in [0, 0.05) is 18.4 Å². The summed E-state index contributed by atoms with van der Waals surface area (Å²) in [7, 11) is 0. The highest BCUT2D eigenvalue weighted by atomic mass is 16.4. The summed E-state index contributed by atoms with van der Waals surface area (Å²) in [6, 6.07) is 0.555. The predicted molar refractivity (Wildman–Crippen MR) is 78.3 cm³/mol. The van der Waals surface area contributed by atoms with Gasteiger partial charge in [-0.1, -0.05) is 34.1 Å². The summed E-state index contributed by atoms with van der Waals surface area (Å²) in [6.07, 6.45) is 7.84. The van der Waals surface area contributed by atoms with Gasteiger partial charge in [-0.15, -0.1) is 0 Å². The minimum absolute atomic E-state index is 0.371. The zero-order valence-corrected chi connectivity index (χ0v) is 12.8. The number of nitrogens with zero attached hydrogens (tertiary/aromatic N) is 1. The molecule has 1 atom stereocenters. The van der Waals surface area contributed by atoms with Crippen molar-refractivity contribution >= 4 is 0 Å². The molecule has 0 spiro atoms. The largest absolute Gasteiger partial charge is 0.445 e. The zero-order valence-electron chi connectivity index (χ0n) is 12.8. The Morgan fingerprint density at radius 3 is 2.89 bits per heavy atom. The summed E-state index contributed by atoms with van der Waals surface area (Å²) in [5.41, 5.74) is 0.371. The molecule has 1 heterocycles. The second-order valence-electron chi connectivity index (χ2n) is 6.80. The van der Waals surface area contributed by atoms with Crippen LogP contribution < -0.4 is 5.32 Å². The third-order valence-corrected chi connectivity index (χ3v) is 4.29. The molecule has 2 rings (SSSR count). The summed E-state index contributed by atoms with van der Waals surface area (Å²) in [4.78, 5) is 4.45. The summed E-state index contributed by atoms with van der Waals surface area (Å²) in [6.45, 7) is 10.1. The molecule has 1 unspecified atom stereocenters. The van der Waals surface area contributed by atoms with Gasteiger partial charge in [0.15, 0.2) is 5.89 Å². The van der Waals surface area contributed by atoms with Crippen LogP contribution in [0.1, 0.15) is 70.9 Å². The van der Waals surface area contributed by atoms with E-state index in [-0.39, 0.29) is 0 Å². The van der Waals surface area contributed by atoms with E-state index >= 15 is 0 Å². The molecule has 0 amide bonds. The van der Waals surface area contributed by atoms with Gasteiger partial charge in [-0.25, -0.2) is 4.98 Å². The monoisotopic (exact) mass is 264 g/mol. The van der Waals surface area contributed by atoms with Crippen LogP contribution in [0.15, 0.2) is 10.6 Å². The van der Waals surface area contributed by atoms with Crippen molar-refractivity contribution in [2.45, 2.75) is 71.8 Å². The molecule has 0 aliphatic heterocycles. The number of rotatable bonds is 6. The number of aromatic nitrogens is 1. The molecular formula is C16H28N2O. The van der Waals surface area contributed by atoms with Gasteiger partial charge in [0.2, 0.25) is 0 Å². The number of hydrogen-bond acceptors (Lipinski definition) is 3. The quantitative estimate of drug-likeness (QED) is 0.792. The van der Waals surface area contributed by atoms with Crippen LogP contribution >= 0.6 is 0 Å². The van der Waals surface area contributed by atoms with Crippen molar-refractivity contribution in [1.82, 2.24) is 10.3 Å². The van der Waals surface area contributed by atoms with Crippen molar-refractivity contribution in [3.63, 3.8) is 0 Å². The minimum atomic E-state index is 0.371. The Balaban J connectivity index is 1.85. The molecule has 0 bridgehead atoms. The normalized spacial score (nSPS) is 22.3. The fraction of sp³-hybridized carbons (Fsp3) is 0.812. The fourth-order valence-electron chi connectivity index (χ4n) is 3.09. The maximum atomic E-state index is 5.97. The average molecular weight is 264 g/mol. The van der Waals surface area contributed by atoms with Crippen molar-refractivity contribution in [1.29, 1.82) is 0 Å². The lowest BCUT2D eigenvalue weighted by Crippen LogP contribution is -2.23. The number of aryl methyl sites for hydroxylation is 1. The summed E-state index contributed by atoms with van der Waals surface area (Å²) >= 11 is 0. The van der Waals surface area contributed by atoms with Gasteiger partial charge in [0.05, 0.1) is 6.20 Å². The second-order valence-corrected chi connectivity index (χ2v) is 6.80. The maximum absolute atomic E-state index is 5.97. The van der Waals surface area contributed by atoms with Gasteiger partial charge in [-0.05, 0) is 31.2 Å². The topological polar surface area (TPSA) is 38.1 Å². The van der Waals surface area contributed by atoms with E-state index < -0.39 is 0 Å². The zero-order chi connectivity index (χ0) is 13.9. The average Bonchev–Trinajstić information content (AvgIpc) is 2.90. The Labute approximate surface area is 117 Å². The molecular weight excluding hydrogens is 236 g/mol. The second kappa shape index (κ2) is 6.08. The first-order valence-electron chi connectivity index (χ1n) is 7.67. The number of hydrogen-bond donors (Lipinski definition) is 1. The first-order chi connectivity index (χ1) is 8.99. The van der Waals surface area contributed by atoms with E-state index in [1.165, 1.54) is 19.3 Å². The lowest BCUT2D eigenvalue weighted by atomic mass is 9.81.